The zero-order valence-electron chi connectivity index (χ0n) is 14.0. The monoisotopic (exact) mass is 339 g/mol. The van der Waals surface area contributed by atoms with Crippen LogP contribution in [0.25, 0.3) is 0 Å². The van der Waals surface area contributed by atoms with Gasteiger partial charge in [0.2, 0.25) is 5.91 Å². The zero-order valence-corrected chi connectivity index (χ0v) is 14.8. The van der Waals surface area contributed by atoms with Crippen molar-refractivity contribution in [3.05, 3.63) is 17.7 Å². The Hall–Kier alpha value is -1.37. The maximum Gasteiger partial charge on any atom is 0.224 e. The van der Waals surface area contributed by atoms with Gasteiger partial charge < -0.3 is 9.88 Å². The molecule has 0 radical (unpaired) electrons. The SMILES string of the molecule is CC(C)(C)c1cn2c(n1)CC[C@H](NC(=O)[C@@H]1CCS(=O)(=O)C1)C2. The van der Waals surface area contributed by atoms with Crippen molar-refractivity contribution < 1.29 is 13.2 Å². The van der Waals surface area contributed by atoms with Gasteiger partial charge in [-0.05, 0) is 12.8 Å². The highest BCUT2D eigenvalue weighted by atomic mass is 32.2. The van der Waals surface area contributed by atoms with E-state index >= 15 is 0 Å². The maximum atomic E-state index is 12.3. The van der Waals surface area contributed by atoms with Crippen molar-refractivity contribution in [2.45, 2.75) is 58.0 Å². The van der Waals surface area contributed by atoms with E-state index in [0.717, 1.165) is 24.4 Å². The second-order valence-electron chi connectivity index (χ2n) is 7.79. The molecule has 1 N–H and O–H groups in total. The summed E-state index contributed by atoms with van der Waals surface area (Å²) >= 11 is 0. The van der Waals surface area contributed by atoms with Gasteiger partial charge in [0.05, 0.1) is 23.1 Å². The molecule has 1 amide bonds. The van der Waals surface area contributed by atoms with Crippen LogP contribution in [-0.4, -0.2) is 41.4 Å². The van der Waals surface area contributed by atoms with Gasteiger partial charge in [-0.25, -0.2) is 13.4 Å². The van der Waals surface area contributed by atoms with Crippen molar-refractivity contribution in [3.63, 3.8) is 0 Å². The van der Waals surface area contributed by atoms with E-state index in [4.69, 9.17) is 4.98 Å². The molecule has 2 atom stereocenters. The second kappa shape index (κ2) is 5.61. The Kier molecular flexibility index (Phi) is 4.02. The number of aryl methyl sites for hydroxylation is 1. The highest BCUT2D eigenvalue weighted by molar-refractivity contribution is 7.91. The fraction of sp³-hybridized carbons (Fsp3) is 0.750. The molecule has 3 rings (SSSR count). The standard InChI is InChI=1S/C16H25N3O3S/c1-16(2,3)13-9-19-8-12(4-5-14(19)18-13)17-15(20)11-6-7-23(21,22)10-11/h9,11-12H,4-8,10H2,1-3H3,(H,17,20)/t11-,12+/m1/s1. The molecule has 1 saturated heterocycles. The quantitative estimate of drug-likeness (QED) is 0.873. The van der Waals surface area contributed by atoms with Crippen LogP contribution in [0, 0.1) is 5.92 Å². The van der Waals surface area contributed by atoms with Gasteiger partial charge in [0.15, 0.2) is 9.84 Å². The number of aromatic nitrogens is 2. The van der Waals surface area contributed by atoms with Crippen LogP contribution in [0.3, 0.4) is 0 Å². The molecule has 1 aromatic rings. The molecule has 0 spiro atoms. The number of fused-ring (bicyclic) bond motifs is 1. The topological polar surface area (TPSA) is 81.1 Å². The number of rotatable bonds is 2. The first-order valence-electron chi connectivity index (χ1n) is 8.21. The predicted octanol–water partition coefficient (Wildman–Crippen LogP) is 1.05. The first-order valence-corrected chi connectivity index (χ1v) is 10.0. The molecule has 0 aromatic carbocycles. The lowest BCUT2D eigenvalue weighted by molar-refractivity contribution is -0.125. The van der Waals surface area contributed by atoms with Crippen LogP contribution < -0.4 is 5.32 Å². The van der Waals surface area contributed by atoms with Crippen molar-refractivity contribution in [1.29, 1.82) is 0 Å². The van der Waals surface area contributed by atoms with E-state index in [-0.39, 0.29) is 34.8 Å². The summed E-state index contributed by atoms with van der Waals surface area (Å²) in [7, 11) is -3.02. The number of amides is 1. The van der Waals surface area contributed by atoms with E-state index in [0.29, 0.717) is 13.0 Å². The van der Waals surface area contributed by atoms with E-state index in [1.165, 1.54) is 0 Å². The summed E-state index contributed by atoms with van der Waals surface area (Å²) in [4.78, 5) is 17.0. The van der Waals surface area contributed by atoms with E-state index in [2.05, 4.69) is 36.9 Å². The third kappa shape index (κ3) is 3.59. The maximum absolute atomic E-state index is 12.3. The van der Waals surface area contributed by atoms with E-state index in [1.54, 1.807) is 0 Å². The number of hydrogen-bond donors (Lipinski definition) is 1. The number of nitrogens with one attached hydrogen (secondary N) is 1. The zero-order chi connectivity index (χ0) is 16.8. The number of imidazole rings is 1. The smallest absolute Gasteiger partial charge is 0.224 e. The predicted molar refractivity (Wildman–Crippen MR) is 87.9 cm³/mol. The Bertz CT molecular complexity index is 715. The minimum Gasteiger partial charge on any atom is -0.351 e. The Morgan fingerprint density at radius 1 is 1.35 bits per heavy atom. The van der Waals surface area contributed by atoms with Gasteiger partial charge in [0.25, 0.3) is 0 Å². The highest BCUT2D eigenvalue weighted by Gasteiger charge is 2.34. The molecule has 0 unspecified atom stereocenters. The van der Waals surface area contributed by atoms with Gasteiger partial charge in [0, 0.05) is 30.6 Å². The molecule has 0 saturated carbocycles. The van der Waals surface area contributed by atoms with Gasteiger partial charge in [-0.15, -0.1) is 0 Å². The molecular formula is C16H25N3O3S. The Labute approximate surface area is 137 Å². The van der Waals surface area contributed by atoms with Crippen LogP contribution in [0.2, 0.25) is 0 Å². The first-order chi connectivity index (χ1) is 10.6. The van der Waals surface area contributed by atoms with Gasteiger partial charge in [-0.1, -0.05) is 20.8 Å². The molecule has 23 heavy (non-hydrogen) atoms. The van der Waals surface area contributed by atoms with Crippen LogP contribution in [0.5, 0.6) is 0 Å². The van der Waals surface area contributed by atoms with Gasteiger partial charge in [-0.2, -0.15) is 0 Å². The molecular weight excluding hydrogens is 314 g/mol. The van der Waals surface area contributed by atoms with Gasteiger partial charge in [0.1, 0.15) is 5.82 Å². The van der Waals surface area contributed by atoms with Crippen molar-refractivity contribution in [2.24, 2.45) is 5.92 Å². The number of nitrogens with zero attached hydrogens (tertiary/aromatic N) is 2. The fourth-order valence-corrected chi connectivity index (χ4v) is 4.99. The van der Waals surface area contributed by atoms with E-state index in [1.807, 2.05) is 0 Å². The van der Waals surface area contributed by atoms with Crippen LogP contribution in [-0.2, 0) is 33.0 Å². The Morgan fingerprint density at radius 2 is 2.09 bits per heavy atom. The normalized spacial score (nSPS) is 26.7. The lowest BCUT2D eigenvalue weighted by Crippen LogP contribution is -2.43. The molecule has 0 bridgehead atoms. The van der Waals surface area contributed by atoms with Crippen LogP contribution in [0.15, 0.2) is 6.20 Å². The molecule has 7 heteroatoms. The average Bonchev–Trinajstić information content (AvgIpc) is 3.01. The van der Waals surface area contributed by atoms with Crippen molar-refractivity contribution in [1.82, 2.24) is 14.9 Å². The minimum atomic E-state index is -3.02. The summed E-state index contributed by atoms with van der Waals surface area (Å²) in [6.07, 6.45) is 4.22. The highest BCUT2D eigenvalue weighted by Crippen LogP contribution is 2.25. The largest absolute Gasteiger partial charge is 0.351 e. The molecule has 1 fully saturated rings. The molecule has 0 aliphatic carbocycles. The summed E-state index contributed by atoms with van der Waals surface area (Å²) in [5.41, 5.74) is 1.09. The lowest BCUT2D eigenvalue weighted by atomic mass is 9.93. The first kappa shape index (κ1) is 16.5. The second-order valence-corrected chi connectivity index (χ2v) is 10.0. The van der Waals surface area contributed by atoms with Crippen LogP contribution in [0.1, 0.15) is 45.1 Å². The van der Waals surface area contributed by atoms with E-state index in [9.17, 15) is 13.2 Å². The number of hydrogen-bond acceptors (Lipinski definition) is 4. The summed E-state index contributed by atoms with van der Waals surface area (Å²) in [5, 5.41) is 3.04. The third-order valence-electron chi connectivity index (χ3n) is 4.71. The summed E-state index contributed by atoms with van der Waals surface area (Å²) in [5.74, 6) is 0.709. The molecule has 1 aromatic heterocycles. The third-order valence-corrected chi connectivity index (χ3v) is 6.48. The summed E-state index contributed by atoms with van der Waals surface area (Å²) < 4.78 is 25.1. The van der Waals surface area contributed by atoms with Gasteiger partial charge >= 0.3 is 0 Å². The van der Waals surface area contributed by atoms with Crippen LogP contribution >= 0.6 is 0 Å². The van der Waals surface area contributed by atoms with Crippen molar-refractivity contribution in [2.75, 3.05) is 11.5 Å². The summed E-state index contributed by atoms with van der Waals surface area (Å²) in [6, 6.07) is 0.0559. The number of carbonyl (C=O) groups is 1. The van der Waals surface area contributed by atoms with E-state index < -0.39 is 9.84 Å². The van der Waals surface area contributed by atoms with Gasteiger partial charge in [-0.3, -0.25) is 4.79 Å². The molecule has 2 aliphatic rings. The molecule has 3 heterocycles. The minimum absolute atomic E-state index is 0.00392. The Morgan fingerprint density at radius 3 is 2.70 bits per heavy atom. The molecule has 2 aliphatic heterocycles. The fourth-order valence-electron chi connectivity index (χ4n) is 3.24. The van der Waals surface area contributed by atoms with Crippen LogP contribution in [0.4, 0.5) is 0 Å². The van der Waals surface area contributed by atoms with Crippen molar-refractivity contribution in [3.8, 4) is 0 Å². The molecule has 128 valence electrons. The number of carbonyl (C=O) groups excluding carboxylic acids is 1. The van der Waals surface area contributed by atoms with Crippen molar-refractivity contribution >= 4 is 15.7 Å². The number of sulfone groups is 1. The average molecular weight is 339 g/mol. The lowest BCUT2D eigenvalue weighted by Gasteiger charge is -2.25. The Balaban J connectivity index is 1.64. The summed E-state index contributed by atoms with van der Waals surface area (Å²) in [6.45, 7) is 7.13. The molecule has 6 nitrogen and oxygen atoms in total.